The van der Waals surface area contributed by atoms with E-state index in [1.54, 1.807) is 31.4 Å². The second-order valence-corrected chi connectivity index (χ2v) is 5.89. The monoisotopic (exact) mass is 371 g/mol. The van der Waals surface area contributed by atoms with E-state index in [9.17, 15) is 4.79 Å². The highest BCUT2D eigenvalue weighted by atomic mass is 35.5. The Morgan fingerprint density at radius 2 is 1.77 bits per heavy atom. The molecule has 3 aromatic rings. The SMILES string of the molecule is COc1ccccc1OCc1ccc(C(=O)NCc2ccccc2Cl)o1. The van der Waals surface area contributed by atoms with Crippen LogP contribution in [0.3, 0.4) is 0 Å². The third-order valence-corrected chi connectivity index (χ3v) is 4.09. The lowest BCUT2D eigenvalue weighted by Gasteiger charge is -2.08. The molecule has 0 aliphatic rings. The van der Waals surface area contributed by atoms with Gasteiger partial charge in [0.05, 0.1) is 7.11 Å². The smallest absolute Gasteiger partial charge is 0.287 e. The van der Waals surface area contributed by atoms with Gasteiger partial charge < -0.3 is 19.2 Å². The molecule has 1 aromatic heterocycles. The van der Waals surface area contributed by atoms with Crippen molar-refractivity contribution in [3.63, 3.8) is 0 Å². The Bertz CT molecular complexity index is 891. The van der Waals surface area contributed by atoms with Gasteiger partial charge in [-0.2, -0.15) is 0 Å². The van der Waals surface area contributed by atoms with Crippen LogP contribution in [0.1, 0.15) is 21.9 Å². The molecule has 0 saturated heterocycles. The third kappa shape index (κ3) is 4.37. The Morgan fingerprint density at radius 1 is 1.04 bits per heavy atom. The summed E-state index contributed by atoms with van der Waals surface area (Å²) in [5, 5.41) is 3.39. The van der Waals surface area contributed by atoms with Crippen LogP contribution in [0.5, 0.6) is 11.5 Å². The van der Waals surface area contributed by atoms with Crippen molar-refractivity contribution in [3.05, 3.63) is 82.8 Å². The van der Waals surface area contributed by atoms with Crippen LogP contribution < -0.4 is 14.8 Å². The fraction of sp³-hybridized carbons (Fsp3) is 0.150. The molecule has 5 nitrogen and oxygen atoms in total. The number of carbonyl (C=O) groups excluding carboxylic acids is 1. The molecule has 0 radical (unpaired) electrons. The Labute approximate surface area is 156 Å². The zero-order valence-corrected chi connectivity index (χ0v) is 15.0. The standard InChI is InChI=1S/C20H18ClNO4/c1-24-17-8-4-5-9-18(17)25-13-15-10-11-19(26-15)20(23)22-12-14-6-2-3-7-16(14)21/h2-11H,12-13H2,1H3,(H,22,23). The Balaban J connectivity index is 1.57. The van der Waals surface area contributed by atoms with E-state index in [-0.39, 0.29) is 18.3 Å². The maximum Gasteiger partial charge on any atom is 0.287 e. The van der Waals surface area contributed by atoms with E-state index in [1.807, 2.05) is 36.4 Å². The molecule has 0 bridgehead atoms. The molecule has 0 atom stereocenters. The molecule has 1 amide bonds. The van der Waals surface area contributed by atoms with Gasteiger partial charge in [0.15, 0.2) is 17.3 Å². The number of carbonyl (C=O) groups is 1. The van der Waals surface area contributed by atoms with Gasteiger partial charge in [-0.3, -0.25) is 4.79 Å². The van der Waals surface area contributed by atoms with Crippen molar-refractivity contribution < 1.29 is 18.7 Å². The van der Waals surface area contributed by atoms with Crippen LogP contribution in [0, 0.1) is 0 Å². The highest BCUT2D eigenvalue weighted by molar-refractivity contribution is 6.31. The highest BCUT2D eigenvalue weighted by Gasteiger charge is 2.12. The number of furan rings is 1. The molecule has 0 spiro atoms. The topological polar surface area (TPSA) is 60.7 Å². The number of rotatable bonds is 7. The number of methoxy groups -OCH3 is 1. The minimum atomic E-state index is -0.312. The van der Waals surface area contributed by atoms with Gasteiger partial charge in [0.1, 0.15) is 12.4 Å². The largest absolute Gasteiger partial charge is 0.493 e. The van der Waals surface area contributed by atoms with Crippen LogP contribution in [0.4, 0.5) is 0 Å². The number of hydrogen-bond donors (Lipinski definition) is 1. The third-order valence-electron chi connectivity index (χ3n) is 3.72. The summed E-state index contributed by atoms with van der Waals surface area (Å²) in [6.07, 6.45) is 0. The van der Waals surface area contributed by atoms with E-state index >= 15 is 0 Å². The fourth-order valence-corrected chi connectivity index (χ4v) is 2.57. The van der Waals surface area contributed by atoms with Gasteiger partial charge in [0.2, 0.25) is 0 Å². The lowest BCUT2D eigenvalue weighted by atomic mass is 10.2. The van der Waals surface area contributed by atoms with E-state index in [4.69, 9.17) is 25.5 Å². The molecule has 2 aromatic carbocycles. The average molecular weight is 372 g/mol. The maximum absolute atomic E-state index is 12.2. The normalized spacial score (nSPS) is 10.4. The summed E-state index contributed by atoms with van der Waals surface area (Å²) in [6, 6.07) is 18.0. The number of hydrogen-bond acceptors (Lipinski definition) is 4. The lowest BCUT2D eigenvalue weighted by Crippen LogP contribution is -2.22. The molecule has 26 heavy (non-hydrogen) atoms. The molecule has 134 valence electrons. The minimum Gasteiger partial charge on any atom is -0.493 e. The summed E-state index contributed by atoms with van der Waals surface area (Å²) < 4.78 is 16.5. The molecule has 3 rings (SSSR count). The summed E-state index contributed by atoms with van der Waals surface area (Å²) in [5.41, 5.74) is 0.841. The molecule has 0 aliphatic heterocycles. The Kier molecular flexibility index (Phi) is 5.81. The first kappa shape index (κ1) is 17.9. The van der Waals surface area contributed by atoms with Crippen molar-refractivity contribution in [1.29, 1.82) is 0 Å². The van der Waals surface area contributed by atoms with Crippen LogP contribution >= 0.6 is 11.6 Å². The van der Waals surface area contributed by atoms with Gasteiger partial charge in [0, 0.05) is 11.6 Å². The van der Waals surface area contributed by atoms with E-state index in [2.05, 4.69) is 5.32 Å². The van der Waals surface area contributed by atoms with E-state index in [0.29, 0.717) is 28.8 Å². The van der Waals surface area contributed by atoms with Crippen molar-refractivity contribution in [1.82, 2.24) is 5.32 Å². The van der Waals surface area contributed by atoms with Crippen molar-refractivity contribution >= 4 is 17.5 Å². The van der Waals surface area contributed by atoms with Gasteiger partial charge in [-0.15, -0.1) is 0 Å². The van der Waals surface area contributed by atoms with Crippen LogP contribution in [-0.4, -0.2) is 13.0 Å². The first-order chi connectivity index (χ1) is 12.7. The van der Waals surface area contributed by atoms with Crippen molar-refractivity contribution in [2.24, 2.45) is 0 Å². The van der Waals surface area contributed by atoms with Gasteiger partial charge in [-0.25, -0.2) is 0 Å². The van der Waals surface area contributed by atoms with Gasteiger partial charge in [0.25, 0.3) is 5.91 Å². The molecule has 0 aliphatic carbocycles. The molecule has 1 heterocycles. The molecular weight excluding hydrogens is 354 g/mol. The van der Waals surface area contributed by atoms with E-state index in [1.165, 1.54) is 0 Å². The molecule has 6 heteroatoms. The van der Waals surface area contributed by atoms with Crippen molar-refractivity contribution in [2.45, 2.75) is 13.2 Å². The molecular formula is C20H18ClNO4. The second-order valence-electron chi connectivity index (χ2n) is 5.48. The summed E-state index contributed by atoms with van der Waals surface area (Å²) in [6.45, 7) is 0.518. The first-order valence-electron chi connectivity index (χ1n) is 8.03. The van der Waals surface area contributed by atoms with E-state index in [0.717, 1.165) is 5.56 Å². The molecule has 1 N–H and O–H groups in total. The summed E-state index contributed by atoms with van der Waals surface area (Å²) in [7, 11) is 1.58. The maximum atomic E-state index is 12.2. The molecule has 0 saturated carbocycles. The van der Waals surface area contributed by atoms with E-state index < -0.39 is 0 Å². The first-order valence-corrected chi connectivity index (χ1v) is 8.41. The number of ether oxygens (including phenoxy) is 2. The summed E-state index contributed by atoms with van der Waals surface area (Å²) in [4.78, 5) is 12.2. The predicted molar refractivity (Wildman–Crippen MR) is 98.7 cm³/mol. The number of halogens is 1. The summed E-state index contributed by atoms with van der Waals surface area (Å²) in [5.74, 6) is 1.69. The summed E-state index contributed by atoms with van der Waals surface area (Å²) >= 11 is 6.08. The average Bonchev–Trinajstić information content (AvgIpc) is 3.15. The minimum absolute atomic E-state index is 0.193. The predicted octanol–water partition coefficient (Wildman–Crippen LogP) is 4.45. The number of benzene rings is 2. The van der Waals surface area contributed by atoms with Crippen LogP contribution in [0.2, 0.25) is 5.02 Å². The van der Waals surface area contributed by atoms with Gasteiger partial charge in [-0.05, 0) is 35.9 Å². The van der Waals surface area contributed by atoms with Gasteiger partial charge >= 0.3 is 0 Å². The number of amides is 1. The molecule has 0 fully saturated rings. The van der Waals surface area contributed by atoms with Crippen molar-refractivity contribution in [3.8, 4) is 11.5 Å². The highest BCUT2D eigenvalue weighted by Crippen LogP contribution is 2.26. The van der Waals surface area contributed by atoms with Crippen molar-refractivity contribution in [2.75, 3.05) is 7.11 Å². The number of nitrogens with one attached hydrogen (secondary N) is 1. The lowest BCUT2D eigenvalue weighted by molar-refractivity contribution is 0.0919. The Morgan fingerprint density at radius 3 is 2.54 bits per heavy atom. The quantitative estimate of drug-likeness (QED) is 0.666. The number of para-hydroxylation sites is 2. The van der Waals surface area contributed by atoms with Gasteiger partial charge in [-0.1, -0.05) is 41.9 Å². The van der Waals surface area contributed by atoms with Crippen LogP contribution in [0.15, 0.2) is 65.1 Å². The fourth-order valence-electron chi connectivity index (χ4n) is 2.37. The van der Waals surface area contributed by atoms with Crippen LogP contribution in [0.25, 0.3) is 0 Å². The van der Waals surface area contributed by atoms with Crippen LogP contribution in [-0.2, 0) is 13.2 Å². The zero-order chi connectivity index (χ0) is 18.4. The Hall–Kier alpha value is -2.92. The molecule has 0 unspecified atom stereocenters. The second kappa shape index (κ2) is 8.45. The zero-order valence-electron chi connectivity index (χ0n) is 14.2.